The van der Waals surface area contributed by atoms with Crippen LogP contribution in [0.1, 0.15) is 11.1 Å². The van der Waals surface area contributed by atoms with E-state index in [9.17, 15) is 23.2 Å². The number of halogens is 3. The number of morpholine rings is 1. The van der Waals surface area contributed by atoms with Crippen molar-refractivity contribution in [2.75, 3.05) is 51.9 Å². The monoisotopic (exact) mass is 475 g/mol. The summed E-state index contributed by atoms with van der Waals surface area (Å²) in [6.07, 6.45) is -3.22. The molecule has 0 atom stereocenters. The summed E-state index contributed by atoms with van der Waals surface area (Å²) in [4.78, 5) is 14.7. The SMILES string of the molecule is COc1cc(C=C(C#N)C(=O)Nc2cccc(C(F)(F)F)c2)ccc1OCCN1CCOCC1. The molecule has 34 heavy (non-hydrogen) atoms. The van der Waals surface area contributed by atoms with E-state index in [0.29, 0.717) is 36.9 Å². The molecule has 0 bridgehead atoms. The number of nitrogens with one attached hydrogen (secondary N) is 1. The number of nitrogens with zero attached hydrogens (tertiary/aromatic N) is 2. The highest BCUT2D eigenvalue weighted by Gasteiger charge is 2.30. The molecule has 1 heterocycles. The maximum Gasteiger partial charge on any atom is 0.416 e. The molecule has 2 aromatic carbocycles. The van der Waals surface area contributed by atoms with Crippen molar-refractivity contribution in [3.63, 3.8) is 0 Å². The number of benzene rings is 2. The Balaban J connectivity index is 1.67. The number of anilines is 1. The smallest absolute Gasteiger partial charge is 0.416 e. The van der Waals surface area contributed by atoms with Gasteiger partial charge in [0.1, 0.15) is 18.2 Å². The third kappa shape index (κ3) is 6.97. The minimum Gasteiger partial charge on any atom is -0.493 e. The molecule has 1 aliphatic rings. The summed E-state index contributed by atoms with van der Waals surface area (Å²) >= 11 is 0. The van der Waals surface area contributed by atoms with Crippen LogP contribution in [0.25, 0.3) is 6.08 Å². The first kappa shape index (κ1) is 25.1. The molecule has 1 fully saturated rings. The number of hydrogen-bond acceptors (Lipinski definition) is 6. The van der Waals surface area contributed by atoms with Gasteiger partial charge in [-0.15, -0.1) is 0 Å². The van der Waals surface area contributed by atoms with Crippen molar-refractivity contribution in [2.24, 2.45) is 0 Å². The average Bonchev–Trinajstić information content (AvgIpc) is 2.83. The van der Waals surface area contributed by atoms with E-state index in [2.05, 4.69) is 10.2 Å². The first-order valence-corrected chi connectivity index (χ1v) is 10.5. The van der Waals surface area contributed by atoms with Crippen LogP contribution in [-0.4, -0.2) is 57.4 Å². The molecule has 0 radical (unpaired) electrons. The van der Waals surface area contributed by atoms with Gasteiger partial charge >= 0.3 is 6.18 Å². The Morgan fingerprint density at radius 3 is 2.65 bits per heavy atom. The molecule has 1 amide bonds. The van der Waals surface area contributed by atoms with E-state index in [4.69, 9.17) is 14.2 Å². The van der Waals surface area contributed by atoms with Crippen LogP contribution < -0.4 is 14.8 Å². The van der Waals surface area contributed by atoms with Crippen LogP contribution in [0.15, 0.2) is 48.0 Å². The van der Waals surface area contributed by atoms with Gasteiger partial charge in [0, 0.05) is 25.3 Å². The van der Waals surface area contributed by atoms with Crippen LogP contribution in [0.4, 0.5) is 18.9 Å². The van der Waals surface area contributed by atoms with Gasteiger partial charge in [-0.25, -0.2) is 0 Å². The molecule has 1 saturated heterocycles. The number of alkyl halides is 3. The molecule has 2 aromatic rings. The molecule has 0 aliphatic carbocycles. The Bertz CT molecular complexity index is 1070. The van der Waals surface area contributed by atoms with Gasteiger partial charge in [0.15, 0.2) is 11.5 Å². The van der Waals surface area contributed by atoms with Crippen molar-refractivity contribution in [3.8, 4) is 17.6 Å². The number of hydrogen-bond donors (Lipinski definition) is 1. The highest BCUT2D eigenvalue weighted by Crippen LogP contribution is 2.31. The van der Waals surface area contributed by atoms with E-state index in [1.165, 1.54) is 25.3 Å². The first-order valence-electron chi connectivity index (χ1n) is 10.5. The lowest BCUT2D eigenvalue weighted by atomic mass is 10.1. The number of ether oxygens (including phenoxy) is 3. The summed E-state index contributed by atoms with van der Waals surface area (Å²) in [5.41, 5.74) is -0.752. The van der Waals surface area contributed by atoms with Gasteiger partial charge in [-0.05, 0) is 42.0 Å². The molecule has 10 heteroatoms. The van der Waals surface area contributed by atoms with Crippen LogP contribution in [0.5, 0.6) is 11.5 Å². The molecule has 1 N–H and O–H groups in total. The zero-order valence-electron chi connectivity index (χ0n) is 18.5. The van der Waals surface area contributed by atoms with Crippen molar-refractivity contribution >= 4 is 17.7 Å². The topological polar surface area (TPSA) is 83.8 Å². The fraction of sp³-hybridized carbons (Fsp3) is 0.333. The Hall–Kier alpha value is -3.55. The number of carbonyl (C=O) groups excluding carboxylic acids is 1. The fourth-order valence-electron chi connectivity index (χ4n) is 3.29. The predicted octanol–water partition coefficient (Wildman–Crippen LogP) is 3.97. The van der Waals surface area contributed by atoms with Crippen molar-refractivity contribution in [1.82, 2.24) is 4.90 Å². The number of rotatable bonds is 8. The molecule has 0 saturated carbocycles. The van der Waals surface area contributed by atoms with E-state index >= 15 is 0 Å². The van der Waals surface area contributed by atoms with Crippen LogP contribution in [0.2, 0.25) is 0 Å². The van der Waals surface area contributed by atoms with E-state index in [1.54, 1.807) is 24.3 Å². The van der Waals surface area contributed by atoms with Crippen LogP contribution in [0.3, 0.4) is 0 Å². The molecule has 3 rings (SSSR count). The van der Waals surface area contributed by atoms with Gasteiger partial charge in [-0.2, -0.15) is 18.4 Å². The van der Waals surface area contributed by atoms with Crippen molar-refractivity contribution < 1.29 is 32.2 Å². The Morgan fingerprint density at radius 1 is 1.21 bits per heavy atom. The summed E-state index contributed by atoms with van der Waals surface area (Å²) in [5.74, 6) is 0.109. The maximum atomic E-state index is 12.9. The lowest BCUT2D eigenvalue weighted by Gasteiger charge is -2.26. The zero-order valence-corrected chi connectivity index (χ0v) is 18.5. The van der Waals surface area contributed by atoms with Crippen molar-refractivity contribution in [1.29, 1.82) is 5.26 Å². The minimum absolute atomic E-state index is 0.0671. The van der Waals surface area contributed by atoms with Crippen LogP contribution in [0, 0.1) is 11.3 Å². The Kier molecular flexibility index (Phi) is 8.51. The molecular weight excluding hydrogens is 451 g/mol. The second-order valence-corrected chi connectivity index (χ2v) is 7.42. The average molecular weight is 475 g/mol. The van der Waals surface area contributed by atoms with E-state index < -0.39 is 17.6 Å². The third-order valence-electron chi connectivity index (χ3n) is 5.08. The van der Waals surface area contributed by atoms with Gasteiger partial charge in [0.25, 0.3) is 5.91 Å². The second kappa shape index (κ2) is 11.5. The van der Waals surface area contributed by atoms with Gasteiger partial charge in [0.05, 0.1) is 25.9 Å². The third-order valence-corrected chi connectivity index (χ3v) is 5.08. The Morgan fingerprint density at radius 2 is 1.97 bits per heavy atom. The maximum absolute atomic E-state index is 12.9. The lowest BCUT2D eigenvalue weighted by Crippen LogP contribution is -2.38. The summed E-state index contributed by atoms with van der Waals surface area (Å²) in [6.45, 7) is 4.30. The van der Waals surface area contributed by atoms with Gasteiger partial charge in [-0.3, -0.25) is 9.69 Å². The molecular formula is C24H24F3N3O4. The summed E-state index contributed by atoms with van der Waals surface area (Å²) < 4.78 is 55.2. The molecule has 0 spiro atoms. The van der Waals surface area contributed by atoms with Crippen LogP contribution >= 0.6 is 0 Å². The molecule has 7 nitrogen and oxygen atoms in total. The molecule has 1 aliphatic heterocycles. The quantitative estimate of drug-likeness (QED) is 0.460. The second-order valence-electron chi connectivity index (χ2n) is 7.42. The Labute approximate surface area is 195 Å². The lowest BCUT2D eigenvalue weighted by molar-refractivity contribution is -0.137. The molecule has 0 aromatic heterocycles. The van der Waals surface area contributed by atoms with E-state index in [1.807, 2.05) is 0 Å². The van der Waals surface area contributed by atoms with Gasteiger partial charge < -0.3 is 19.5 Å². The molecule has 0 unspecified atom stereocenters. The normalized spacial score (nSPS) is 14.9. The number of amides is 1. The highest BCUT2D eigenvalue weighted by atomic mass is 19.4. The summed E-state index contributed by atoms with van der Waals surface area (Å²) in [6, 6.07) is 10.9. The van der Waals surface area contributed by atoms with Gasteiger partial charge in [-0.1, -0.05) is 12.1 Å². The summed E-state index contributed by atoms with van der Waals surface area (Å²) in [7, 11) is 1.48. The summed E-state index contributed by atoms with van der Waals surface area (Å²) in [5, 5.41) is 11.7. The fourth-order valence-corrected chi connectivity index (χ4v) is 3.29. The van der Waals surface area contributed by atoms with E-state index in [0.717, 1.165) is 31.8 Å². The van der Waals surface area contributed by atoms with Crippen molar-refractivity contribution in [3.05, 3.63) is 59.2 Å². The molecule has 180 valence electrons. The van der Waals surface area contributed by atoms with Gasteiger partial charge in [0.2, 0.25) is 0 Å². The minimum atomic E-state index is -4.54. The van der Waals surface area contributed by atoms with Crippen LogP contribution in [-0.2, 0) is 15.7 Å². The van der Waals surface area contributed by atoms with Crippen molar-refractivity contribution in [2.45, 2.75) is 6.18 Å². The predicted molar refractivity (Wildman–Crippen MR) is 119 cm³/mol. The standard InChI is InChI=1S/C24H24F3N3O4/c1-32-22-14-17(5-6-21(22)34-12-9-30-7-10-33-11-8-30)13-18(16-28)23(31)29-20-4-2-3-19(15-20)24(25,26)27/h2-6,13-15H,7-12H2,1H3,(H,29,31). The largest absolute Gasteiger partial charge is 0.493 e. The zero-order chi connectivity index (χ0) is 24.6. The van der Waals surface area contributed by atoms with E-state index in [-0.39, 0.29) is 11.3 Å². The number of nitriles is 1. The first-order chi connectivity index (χ1) is 16.3. The highest BCUT2D eigenvalue weighted by molar-refractivity contribution is 6.09. The number of carbonyl (C=O) groups is 1. The number of methoxy groups -OCH3 is 1.